The van der Waals surface area contributed by atoms with E-state index in [2.05, 4.69) is 25.6 Å². The molecule has 1 aromatic rings. The Balaban J connectivity index is 2.46. The minimum absolute atomic E-state index is 0.0522. The number of aromatic nitrogens is 4. The molecule has 0 saturated carbocycles. The van der Waals surface area contributed by atoms with Gasteiger partial charge in [0, 0.05) is 6.42 Å². The van der Waals surface area contributed by atoms with Gasteiger partial charge in [0.05, 0.1) is 7.11 Å². The molecule has 19 heavy (non-hydrogen) atoms. The zero-order valence-corrected chi connectivity index (χ0v) is 10.1. The summed E-state index contributed by atoms with van der Waals surface area (Å²) in [5, 5.41) is 21.3. The van der Waals surface area contributed by atoms with E-state index >= 15 is 0 Å². The molecule has 0 radical (unpaired) electrons. The quantitative estimate of drug-likeness (QED) is 0.554. The van der Waals surface area contributed by atoms with E-state index in [4.69, 9.17) is 5.11 Å². The molecule has 1 heterocycles. The number of esters is 1. The summed E-state index contributed by atoms with van der Waals surface area (Å²) in [6.45, 7) is -0.199. The fraction of sp³-hybridized carbons (Fsp3) is 0.556. The van der Waals surface area contributed by atoms with Crippen LogP contribution in [0.3, 0.4) is 0 Å². The molecule has 0 unspecified atom stereocenters. The van der Waals surface area contributed by atoms with Gasteiger partial charge in [-0.25, -0.2) is 9.48 Å². The Kier molecular flexibility index (Phi) is 5.38. The number of methoxy groups -OCH3 is 1. The van der Waals surface area contributed by atoms with Crippen molar-refractivity contribution in [1.82, 2.24) is 25.5 Å². The van der Waals surface area contributed by atoms with Crippen molar-refractivity contribution < 1.29 is 24.2 Å². The predicted octanol–water partition coefficient (Wildman–Crippen LogP) is -1.80. The van der Waals surface area contributed by atoms with Gasteiger partial charge in [-0.1, -0.05) is 0 Å². The molecular weight excluding hydrogens is 258 g/mol. The molecule has 1 atom stereocenters. The third-order valence-corrected chi connectivity index (χ3v) is 2.20. The molecule has 1 aromatic heterocycles. The van der Waals surface area contributed by atoms with E-state index in [1.54, 1.807) is 0 Å². The smallest absolute Gasteiger partial charge is 0.326 e. The number of rotatable bonds is 7. The first-order valence-corrected chi connectivity index (χ1v) is 5.32. The van der Waals surface area contributed by atoms with Crippen molar-refractivity contribution in [3.63, 3.8) is 0 Å². The van der Waals surface area contributed by atoms with E-state index < -0.39 is 23.9 Å². The molecule has 2 N–H and O–H groups in total. The van der Waals surface area contributed by atoms with Gasteiger partial charge in [-0.2, -0.15) is 0 Å². The lowest BCUT2D eigenvalue weighted by Gasteiger charge is -2.13. The summed E-state index contributed by atoms with van der Waals surface area (Å²) in [4.78, 5) is 33.4. The van der Waals surface area contributed by atoms with Gasteiger partial charge in [0.15, 0.2) is 0 Å². The van der Waals surface area contributed by atoms with Crippen LogP contribution in [0.25, 0.3) is 0 Å². The second kappa shape index (κ2) is 7.03. The number of carbonyl (C=O) groups excluding carboxylic acids is 2. The highest BCUT2D eigenvalue weighted by Crippen LogP contribution is 2.00. The highest BCUT2D eigenvalue weighted by Gasteiger charge is 2.21. The van der Waals surface area contributed by atoms with Gasteiger partial charge in [-0.3, -0.25) is 9.59 Å². The van der Waals surface area contributed by atoms with Crippen LogP contribution in [0, 0.1) is 0 Å². The van der Waals surface area contributed by atoms with E-state index in [1.807, 2.05) is 0 Å². The second-order valence-corrected chi connectivity index (χ2v) is 3.58. The summed E-state index contributed by atoms with van der Waals surface area (Å²) in [7, 11) is 1.20. The number of aliphatic carboxylic acids is 1. The molecule has 10 nitrogen and oxygen atoms in total. The molecule has 0 spiro atoms. The number of carboxylic acids is 1. The third-order valence-electron chi connectivity index (χ3n) is 2.20. The van der Waals surface area contributed by atoms with Crippen molar-refractivity contribution in [2.75, 3.05) is 7.11 Å². The predicted molar refractivity (Wildman–Crippen MR) is 58.6 cm³/mol. The summed E-state index contributed by atoms with van der Waals surface area (Å²) in [6.07, 6.45) is 1.08. The molecule has 10 heteroatoms. The van der Waals surface area contributed by atoms with E-state index in [-0.39, 0.29) is 19.4 Å². The Labute approximate surface area is 107 Å². The lowest BCUT2D eigenvalue weighted by atomic mass is 10.1. The van der Waals surface area contributed by atoms with Gasteiger partial charge in [-0.15, -0.1) is 5.10 Å². The molecule has 0 aliphatic heterocycles. The minimum Gasteiger partial charge on any atom is -0.480 e. The number of tetrazole rings is 1. The van der Waals surface area contributed by atoms with Crippen LogP contribution >= 0.6 is 0 Å². The SMILES string of the molecule is COC(=O)CC[C@H](NC(=O)Cn1cnnn1)C(=O)O. The van der Waals surface area contributed by atoms with Gasteiger partial charge in [-0.05, 0) is 16.8 Å². The van der Waals surface area contributed by atoms with E-state index in [1.165, 1.54) is 13.4 Å². The summed E-state index contributed by atoms with van der Waals surface area (Å²) >= 11 is 0. The number of nitrogens with zero attached hydrogens (tertiary/aromatic N) is 4. The van der Waals surface area contributed by atoms with Crippen LogP contribution in [0.15, 0.2) is 6.33 Å². The summed E-state index contributed by atoms with van der Waals surface area (Å²) in [5.41, 5.74) is 0. The molecule has 0 aliphatic carbocycles. The van der Waals surface area contributed by atoms with Crippen LogP contribution in [-0.4, -0.2) is 56.3 Å². The topological polar surface area (TPSA) is 136 Å². The summed E-state index contributed by atoms with van der Waals surface area (Å²) < 4.78 is 5.54. The first-order valence-electron chi connectivity index (χ1n) is 5.32. The number of ether oxygens (including phenoxy) is 1. The molecule has 0 fully saturated rings. The maximum atomic E-state index is 11.5. The first kappa shape index (κ1) is 14.5. The molecule has 0 aromatic carbocycles. The summed E-state index contributed by atoms with van der Waals surface area (Å²) in [6, 6.07) is -1.16. The van der Waals surface area contributed by atoms with Crippen LogP contribution in [-0.2, 0) is 25.7 Å². The standard InChI is InChI=1S/C9H13N5O5/c1-19-8(16)3-2-6(9(17)18)11-7(15)4-14-5-10-12-13-14/h5-6H,2-4H2,1H3,(H,11,15)(H,17,18)/t6-/m0/s1. The monoisotopic (exact) mass is 271 g/mol. The van der Waals surface area contributed by atoms with Crippen molar-refractivity contribution in [3.05, 3.63) is 6.33 Å². The number of hydrogen-bond donors (Lipinski definition) is 2. The number of carbonyl (C=O) groups is 3. The molecule has 1 amide bonds. The number of nitrogens with one attached hydrogen (secondary N) is 1. The van der Waals surface area contributed by atoms with Crippen molar-refractivity contribution >= 4 is 17.8 Å². The fourth-order valence-electron chi connectivity index (χ4n) is 1.26. The van der Waals surface area contributed by atoms with E-state index in [9.17, 15) is 14.4 Å². The minimum atomic E-state index is -1.23. The van der Waals surface area contributed by atoms with Crippen LogP contribution in [0.5, 0.6) is 0 Å². The van der Waals surface area contributed by atoms with Crippen LogP contribution in [0.2, 0.25) is 0 Å². The third kappa shape index (κ3) is 5.10. The lowest BCUT2D eigenvalue weighted by Crippen LogP contribution is -2.42. The average Bonchev–Trinajstić information content (AvgIpc) is 2.86. The zero-order valence-electron chi connectivity index (χ0n) is 10.1. The lowest BCUT2D eigenvalue weighted by molar-refractivity contribution is -0.144. The molecule has 0 bridgehead atoms. The van der Waals surface area contributed by atoms with Gasteiger partial charge in [0.2, 0.25) is 5.91 Å². The highest BCUT2D eigenvalue weighted by molar-refractivity contribution is 5.83. The highest BCUT2D eigenvalue weighted by atomic mass is 16.5. The molecule has 104 valence electrons. The van der Waals surface area contributed by atoms with Gasteiger partial charge < -0.3 is 15.2 Å². The molecule has 0 saturated heterocycles. The Bertz CT molecular complexity index is 446. The van der Waals surface area contributed by atoms with Crippen molar-refractivity contribution in [3.8, 4) is 0 Å². The second-order valence-electron chi connectivity index (χ2n) is 3.58. The van der Waals surface area contributed by atoms with E-state index in [0.717, 1.165) is 4.68 Å². The van der Waals surface area contributed by atoms with Crippen molar-refractivity contribution in [1.29, 1.82) is 0 Å². The zero-order chi connectivity index (χ0) is 14.3. The number of amides is 1. The molecule has 0 aliphatic rings. The van der Waals surface area contributed by atoms with Gasteiger partial charge in [0.25, 0.3) is 0 Å². The average molecular weight is 271 g/mol. The number of hydrogen-bond acceptors (Lipinski definition) is 7. The van der Waals surface area contributed by atoms with Crippen LogP contribution < -0.4 is 5.32 Å². The first-order chi connectivity index (χ1) is 9.02. The van der Waals surface area contributed by atoms with E-state index in [0.29, 0.717) is 0 Å². The molecular formula is C9H13N5O5. The number of carboxylic acid groups (broad SMARTS) is 1. The Morgan fingerprint density at radius 3 is 2.74 bits per heavy atom. The van der Waals surface area contributed by atoms with Crippen molar-refractivity contribution in [2.24, 2.45) is 0 Å². The molecule has 1 rings (SSSR count). The Morgan fingerprint density at radius 1 is 1.47 bits per heavy atom. The van der Waals surface area contributed by atoms with Crippen LogP contribution in [0.4, 0.5) is 0 Å². The maximum absolute atomic E-state index is 11.5. The normalized spacial score (nSPS) is 11.6. The van der Waals surface area contributed by atoms with Gasteiger partial charge in [0.1, 0.15) is 18.9 Å². The Morgan fingerprint density at radius 2 is 2.21 bits per heavy atom. The summed E-state index contributed by atoms with van der Waals surface area (Å²) in [5.74, 6) is -2.33. The fourth-order valence-corrected chi connectivity index (χ4v) is 1.26. The van der Waals surface area contributed by atoms with Crippen molar-refractivity contribution in [2.45, 2.75) is 25.4 Å². The van der Waals surface area contributed by atoms with Crippen LogP contribution in [0.1, 0.15) is 12.8 Å². The maximum Gasteiger partial charge on any atom is 0.326 e. The largest absolute Gasteiger partial charge is 0.480 e. The Hall–Kier alpha value is -2.52. The van der Waals surface area contributed by atoms with Gasteiger partial charge >= 0.3 is 11.9 Å².